The third-order valence-electron chi connectivity index (χ3n) is 3.41. The van der Waals surface area contributed by atoms with Crippen LogP contribution in [0.25, 0.3) is 0 Å². The van der Waals surface area contributed by atoms with E-state index in [2.05, 4.69) is 0 Å². The number of carbonyl (C=O) groups is 1. The van der Waals surface area contributed by atoms with Crippen molar-refractivity contribution in [3.05, 3.63) is 29.8 Å². The highest BCUT2D eigenvalue weighted by Crippen LogP contribution is 2.28. The summed E-state index contributed by atoms with van der Waals surface area (Å²) < 4.78 is 25.4. The Labute approximate surface area is 142 Å². The number of alkyl halides is 1. The number of unbranched alkanes of at least 4 members (excludes halogenated alkanes) is 1. The molecule has 1 aromatic carbocycles. The highest BCUT2D eigenvalue weighted by atomic mass is 35.5. The number of rotatable bonds is 8. The Bertz CT molecular complexity index is 591. The van der Waals surface area contributed by atoms with Gasteiger partial charge in [0.25, 0.3) is 0 Å². The molecule has 0 saturated carbocycles. The summed E-state index contributed by atoms with van der Waals surface area (Å²) in [6, 6.07) is 6.24. The number of Topliss-reactive ketones (excluding diaryl/α,β-unsaturated/α-hetero) is 1. The second-order valence-corrected chi connectivity index (χ2v) is 7.48. The average Bonchev–Trinajstić information content (AvgIpc) is 2.46. The first-order chi connectivity index (χ1) is 9.79. The van der Waals surface area contributed by atoms with Gasteiger partial charge in [0.2, 0.25) is 9.84 Å². The third-order valence-corrected chi connectivity index (χ3v) is 5.93. The lowest BCUT2D eigenvalue weighted by molar-refractivity contribution is -0.119. The number of halogens is 2. The fraction of sp³-hybridized carbons (Fsp3) is 0.500. The maximum Gasteiger partial charge on any atom is 0.204 e. The van der Waals surface area contributed by atoms with E-state index in [1.807, 2.05) is 6.92 Å². The zero-order chi connectivity index (χ0) is 16.1. The molecule has 0 aromatic heterocycles. The van der Waals surface area contributed by atoms with E-state index in [-0.39, 0.29) is 23.7 Å². The number of hydrogen-bond acceptors (Lipinski definition) is 5. The molecule has 0 heterocycles. The van der Waals surface area contributed by atoms with Gasteiger partial charge in [0.15, 0.2) is 10.7 Å². The van der Waals surface area contributed by atoms with Crippen LogP contribution in [0.4, 0.5) is 0 Å². The molecule has 0 amide bonds. The second kappa shape index (κ2) is 8.84. The summed E-state index contributed by atoms with van der Waals surface area (Å²) in [6.07, 6.45) is 1.05. The van der Waals surface area contributed by atoms with Crippen molar-refractivity contribution in [2.45, 2.75) is 36.0 Å². The highest BCUT2D eigenvalue weighted by Gasteiger charge is 2.46. The van der Waals surface area contributed by atoms with Gasteiger partial charge in [0.05, 0.1) is 10.8 Å². The molecule has 0 radical (unpaired) electrons. The lowest BCUT2D eigenvalue weighted by Gasteiger charge is -2.27. The molecule has 1 atom stereocenters. The van der Waals surface area contributed by atoms with Crippen LogP contribution < -0.4 is 11.5 Å². The van der Waals surface area contributed by atoms with Gasteiger partial charge in [-0.05, 0) is 44.9 Å². The second-order valence-electron chi connectivity index (χ2n) is 5.01. The van der Waals surface area contributed by atoms with E-state index in [0.29, 0.717) is 19.4 Å². The van der Waals surface area contributed by atoms with Crippen LogP contribution in [-0.2, 0) is 14.6 Å². The van der Waals surface area contributed by atoms with Crippen LogP contribution in [0.15, 0.2) is 29.2 Å². The molecule has 1 rings (SSSR count). The van der Waals surface area contributed by atoms with Crippen molar-refractivity contribution >= 4 is 39.6 Å². The summed E-state index contributed by atoms with van der Waals surface area (Å²) in [5.74, 6) is -1.13. The maximum atomic E-state index is 12.7. The van der Waals surface area contributed by atoms with E-state index >= 15 is 0 Å². The van der Waals surface area contributed by atoms with E-state index in [1.54, 1.807) is 12.1 Å². The van der Waals surface area contributed by atoms with Crippen molar-refractivity contribution in [3.63, 3.8) is 0 Å². The maximum absolute atomic E-state index is 12.7. The zero-order valence-electron chi connectivity index (χ0n) is 12.4. The van der Waals surface area contributed by atoms with E-state index in [1.165, 1.54) is 12.1 Å². The summed E-state index contributed by atoms with van der Waals surface area (Å²) in [6.45, 7) is 2.26. The molecule has 0 aliphatic rings. The Kier molecular flexibility index (Phi) is 8.57. The minimum absolute atomic E-state index is 0. The number of hydrogen-bond donors (Lipinski definition) is 2. The standard InChI is InChI=1S/C14H21ClN2O3S.ClH/c1-11-4-6-12(7-5-11)21(19,20)14(17,13(18)10-15)8-2-3-9-16;/h4-7H,2-3,8-10,16-17H2,1H3;1H/t14-;/m1./s1. The molecule has 0 unspecified atom stereocenters. The van der Waals surface area contributed by atoms with Crippen molar-refractivity contribution in [1.29, 1.82) is 0 Å². The summed E-state index contributed by atoms with van der Waals surface area (Å²) in [5, 5.41) is 0. The van der Waals surface area contributed by atoms with Crippen LogP contribution in [-0.4, -0.2) is 31.5 Å². The van der Waals surface area contributed by atoms with Gasteiger partial charge in [-0.2, -0.15) is 0 Å². The number of carbonyl (C=O) groups excluding carboxylic acids is 1. The monoisotopic (exact) mass is 368 g/mol. The molecule has 0 spiro atoms. The van der Waals surface area contributed by atoms with Crippen molar-refractivity contribution in [1.82, 2.24) is 0 Å². The zero-order valence-corrected chi connectivity index (χ0v) is 14.8. The number of nitrogens with two attached hydrogens (primary N) is 2. The van der Waals surface area contributed by atoms with E-state index < -0.39 is 26.4 Å². The van der Waals surface area contributed by atoms with Gasteiger partial charge in [-0.15, -0.1) is 24.0 Å². The van der Waals surface area contributed by atoms with Gasteiger partial charge in [0, 0.05) is 0 Å². The molecule has 1 aromatic rings. The summed E-state index contributed by atoms with van der Waals surface area (Å²) in [4.78, 5) is 10.1. The van der Waals surface area contributed by atoms with Crippen LogP contribution in [0.3, 0.4) is 0 Å². The van der Waals surface area contributed by atoms with Crippen LogP contribution in [0.1, 0.15) is 24.8 Å². The first kappa shape index (κ1) is 21.3. The Morgan fingerprint density at radius 3 is 2.23 bits per heavy atom. The van der Waals surface area contributed by atoms with Crippen molar-refractivity contribution in [2.75, 3.05) is 12.4 Å². The number of ketones is 1. The minimum atomic E-state index is -4.01. The molecule has 0 aliphatic heterocycles. The SMILES string of the molecule is Cc1ccc(S(=O)(=O)[C@](N)(CCCCN)C(=O)CCl)cc1.Cl. The summed E-state index contributed by atoms with van der Waals surface area (Å²) >= 11 is 5.55. The van der Waals surface area contributed by atoms with Crippen LogP contribution >= 0.6 is 24.0 Å². The van der Waals surface area contributed by atoms with Crippen LogP contribution in [0.2, 0.25) is 0 Å². The molecule has 8 heteroatoms. The number of benzene rings is 1. The van der Waals surface area contributed by atoms with Gasteiger partial charge >= 0.3 is 0 Å². The fourth-order valence-corrected chi connectivity index (χ4v) is 4.01. The smallest absolute Gasteiger partial charge is 0.204 e. The molecule has 0 bridgehead atoms. The normalized spacial score (nSPS) is 14.0. The van der Waals surface area contributed by atoms with Crippen LogP contribution in [0.5, 0.6) is 0 Å². The molecule has 5 nitrogen and oxygen atoms in total. The van der Waals surface area contributed by atoms with Gasteiger partial charge in [0.1, 0.15) is 0 Å². The lowest BCUT2D eigenvalue weighted by atomic mass is 10.1. The number of aryl methyl sites for hydroxylation is 1. The Balaban J connectivity index is 0.00000441. The molecule has 4 N–H and O–H groups in total. The van der Waals surface area contributed by atoms with Crippen molar-refractivity contribution in [3.8, 4) is 0 Å². The third kappa shape index (κ3) is 4.43. The average molecular weight is 369 g/mol. The summed E-state index contributed by atoms with van der Waals surface area (Å²) in [7, 11) is -4.01. The first-order valence-corrected chi connectivity index (χ1v) is 8.71. The van der Waals surface area contributed by atoms with Gasteiger partial charge < -0.3 is 11.5 Å². The van der Waals surface area contributed by atoms with Crippen LogP contribution in [0, 0.1) is 6.92 Å². The largest absolute Gasteiger partial charge is 0.330 e. The van der Waals surface area contributed by atoms with E-state index in [0.717, 1.165) is 5.56 Å². The fourth-order valence-electron chi connectivity index (χ4n) is 2.00. The Morgan fingerprint density at radius 1 is 1.23 bits per heavy atom. The Morgan fingerprint density at radius 2 is 1.77 bits per heavy atom. The van der Waals surface area contributed by atoms with Gasteiger partial charge in [-0.3, -0.25) is 4.79 Å². The Hall–Kier alpha value is -0.660. The van der Waals surface area contributed by atoms with Crippen molar-refractivity contribution in [2.24, 2.45) is 11.5 Å². The minimum Gasteiger partial charge on any atom is -0.330 e. The number of sulfone groups is 1. The van der Waals surface area contributed by atoms with E-state index in [9.17, 15) is 13.2 Å². The molecular weight excluding hydrogens is 347 g/mol. The molecule has 126 valence electrons. The molecule has 0 fully saturated rings. The van der Waals surface area contributed by atoms with Gasteiger partial charge in [-0.1, -0.05) is 17.7 Å². The molecule has 0 saturated heterocycles. The quantitative estimate of drug-likeness (QED) is 0.537. The molecule has 0 aliphatic carbocycles. The predicted molar refractivity (Wildman–Crippen MR) is 91.2 cm³/mol. The molecular formula is C14H22Cl2N2O3S. The highest BCUT2D eigenvalue weighted by molar-refractivity contribution is 7.93. The topological polar surface area (TPSA) is 103 Å². The van der Waals surface area contributed by atoms with E-state index in [4.69, 9.17) is 23.1 Å². The lowest BCUT2D eigenvalue weighted by Crippen LogP contribution is -2.55. The molecule has 22 heavy (non-hydrogen) atoms. The predicted octanol–water partition coefficient (Wildman–Crippen LogP) is 1.78. The summed E-state index contributed by atoms with van der Waals surface area (Å²) in [5.41, 5.74) is 12.3. The van der Waals surface area contributed by atoms with Gasteiger partial charge in [-0.25, -0.2) is 8.42 Å². The first-order valence-electron chi connectivity index (χ1n) is 6.69. The van der Waals surface area contributed by atoms with Crippen molar-refractivity contribution < 1.29 is 13.2 Å².